The summed E-state index contributed by atoms with van der Waals surface area (Å²) >= 11 is 7.79. The molecule has 2 aromatic heterocycles. The maximum absolute atomic E-state index is 9.64. The number of hydrogen-bond donors (Lipinski definition) is 1. The molecule has 4 aromatic rings. The number of ether oxygens (including phenoxy) is 1. The third-order valence-electron chi connectivity index (χ3n) is 6.02. The van der Waals surface area contributed by atoms with Crippen LogP contribution in [0.3, 0.4) is 0 Å². The van der Waals surface area contributed by atoms with Gasteiger partial charge in [0.05, 0.1) is 36.2 Å². The van der Waals surface area contributed by atoms with E-state index in [1.165, 1.54) is 6.42 Å². The number of para-hydroxylation sites is 2. The van der Waals surface area contributed by atoms with Crippen molar-refractivity contribution < 1.29 is 9.84 Å². The Morgan fingerprint density at radius 1 is 1.09 bits per heavy atom. The lowest BCUT2D eigenvalue weighted by Crippen LogP contribution is -2.31. The van der Waals surface area contributed by atoms with Gasteiger partial charge in [-0.25, -0.2) is 4.98 Å². The Morgan fingerprint density at radius 2 is 1.91 bits per heavy atom. The normalized spacial score (nSPS) is 14.1. The summed E-state index contributed by atoms with van der Waals surface area (Å²) in [6, 6.07) is 13.6. The summed E-state index contributed by atoms with van der Waals surface area (Å²) in [5.41, 5.74) is 2.68. The van der Waals surface area contributed by atoms with E-state index in [4.69, 9.17) is 21.3 Å². The molecule has 0 bridgehead atoms. The number of fused-ring (bicyclic) bond motifs is 1. The number of nitrogens with zero attached hydrogens (tertiary/aromatic N) is 6. The fourth-order valence-electron chi connectivity index (χ4n) is 4.41. The van der Waals surface area contributed by atoms with Crippen molar-refractivity contribution in [2.75, 3.05) is 31.7 Å². The van der Waals surface area contributed by atoms with E-state index >= 15 is 0 Å². The molecule has 1 N–H and O–H groups in total. The third-order valence-corrected chi connectivity index (χ3v) is 7.18. The minimum Gasteiger partial charge on any atom is -0.495 e. The van der Waals surface area contributed by atoms with Crippen LogP contribution < -0.4 is 9.64 Å². The molecule has 178 valence electrons. The topological polar surface area (TPSA) is 81.2 Å². The number of benzene rings is 2. The Bertz CT molecular complexity index is 1280. The largest absolute Gasteiger partial charge is 0.495 e. The van der Waals surface area contributed by atoms with Gasteiger partial charge >= 0.3 is 0 Å². The minimum atomic E-state index is 0.0200. The van der Waals surface area contributed by atoms with Gasteiger partial charge < -0.3 is 19.3 Å². The van der Waals surface area contributed by atoms with E-state index in [1.54, 1.807) is 18.9 Å². The van der Waals surface area contributed by atoms with Crippen molar-refractivity contribution in [1.29, 1.82) is 0 Å². The van der Waals surface area contributed by atoms with Crippen LogP contribution in [0.2, 0.25) is 5.02 Å². The SMILES string of the molecule is COc1ccccc1-n1c(SCc2nc3ccc(Cl)cc3n2CCO)nnc1N1CCCCC1. The second-order valence-corrected chi connectivity index (χ2v) is 9.54. The van der Waals surface area contributed by atoms with Crippen molar-refractivity contribution in [3.63, 3.8) is 0 Å². The number of rotatable bonds is 8. The zero-order chi connectivity index (χ0) is 23.5. The molecule has 10 heteroatoms. The summed E-state index contributed by atoms with van der Waals surface area (Å²) in [5.74, 6) is 3.02. The van der Waals surface area contributed by atoms with Crippen molar-refractivity contribution in [1.82, 2.24) is 24.3 Å². The lowest BCUT2D eigenvalue weighted by Gasteiger charge is -2.28. The zero-order valence-electron chi connectivity index (χ0n) is 19.0. The molecule has 0 saturated carbocycles. The standard InChI is InChI=1S/C24H27ClN6O2S/c1-33-21-8-4-3-7-19(21)31-23(29-11-5-2-6-12-29)27-28-24(31)34-16-22-26-18-10-9-17(25)15-20(18)30(22)13-14-32/h3-4,7-10,15,32H,2,5-6,11-14,16H2,1H3. The molecule has 1 aliphatic heterocycles. The number of piperidine rings is 1. The quantitative estimate of drug-likeness (QED) is 0.357. The molecular weight excluding hydrogens is 472 g/mol. The van der Waals surface area contributed by atoms with E-state index in [0.29, 0.717) is 17.3 Å². The Kier molecular flexibility index (Phi) is 6.94. The lowest BCUT2D eigenvalue weighted by molar-refractivity contribution is 0.276. The first kappa shape index (κ1) is 23.0. The Hall–Kier alpha value is -2.75. The van der Waals surface area contributed by atoms with Gasteiger partial charge in [0.25, 0.3) is 0 Å². The minimum absolute atomic E-state index is 0.0200. The number of halogens is 1. The van der Waals surface area contributed by atoms with E-state index in [1.807, 2.05) is 47.0 Å². The molecule has 8 nitrogen and oxygen atoms in total. The molecule has 0 aliphatic carbocycles. The van der Waals surface area contributed by atoms with Gasteiger partial charge in [0.2, 0.25) is 5.95 Å². The van der Waals surface area contributed by atoms with Crippen molar-refractivity contribution in [2.45, 2.75) is 36.7 Å². The fourth-order valence-corrected chi connectivity index (χ4v) is 5.47. The number of methoxy groups -OCH3 is 1. The van der Waals surface area contributed by atoms with Crippen LogP contribution >= 0.6 is 23.4 Å². The van der Waals surface area contributed by atoms with Gasteiger partial charge in [-0.2, -0.15) is 0 Å². The highest BCUT2D eigenvalue weighted by Crippen LogP contribution is 2.34. The second kappa shape index (κ2) is 10.2. The maximum atomic E-state index is 9.64. The summed E-state index contributed by atoms with van der Waals surface area (Å²) in [6.45, 7) is 2.40. The van der Waals surface area contributed by atoms with E-state index in [0.717, 1.165) is 65.3 Å². The molecular formula is C24H27ClN6O2S. The van der Waals surface area contributed by atoms with Crippen molar-refractivity contribution in [3.8, 4) is 11.4 Å². The summed E-state index contributed by atoms with van der Waals surface area (Å²) in [5, 5.41) is 20.2. The highest BCUT2D eigenvalue weighted by molar-refractivity contribution is 7.98. The number of imidazole rings is 1. The summed E-state index contributed by atoms with van der Waals surface area (Å²) in [6.07, 6.45) is 3.54. The highest BCUT2D eigenvalue weighted by Gasteiger charge is 2.24. The van der Waals surface area contributed by atoms with E-state index in [2.05, 4.69) is 19.7 Å². The number of thioether (sulfide) groups is 1. The van der Waals surface area contributed by atoms with Crippen LogP contribution in [0.5, 0.6) is 5.75 Å². The molecule has 3 heterocycles. The van der Waals surface area contributed by atoms with Crippen molar-refractivity contribution in [3.05, 3.63) is 53.3 Å². The summed E-state index contributed by atoms with van der Waals surface area (Å²) < 4.78 is 9.78. The molecule has 0 atom stereocenters. The number of aromatic nitrogens is 5. The van der Waals surface area contributed by atoms with Gasteiger partial charge in [-0.3, -0.25) is 4.57 Å². The van der Waals surface area contributed by atoms with Crippen LogP contribution in [0.1, 0.15) is 25.1 Å². The van der Waals surface area contributed by atoms with Crippen LogP contribution in [-0.2, 0) is 12.3 Å². The monoisotopic (exact) mass is 498 g/mol. The number of anilines is 1. The molecule has 0 spiro atoms. The maximum Gasteiger partial charge on any atom is 0.232 e. The van der Waals surface area contributed by atoms with Crippen LogP contribution in [-0.4, -0.2) is 56.2 Å². The molecule has 1 fully saturated rings. The Balaban J connectivity index is 1.52. The van der Waals surface area contributed by atoms with Gasteiger partial charge in [0.1, 0.15) is 11.6 Å². The van der Waals surface area contributed by atoms with Gasteiger partial charge in [0, 0.05) is 24.7 Å². The van der Waals surface area contributed by atoms with Gasteiger partial charge in [-0.05, 0) is 49.6 Å². The summed E-state index contributed by atoms with van der Waals surface area (Å²) in [4.78, 5) is 7.10. The van der Waals surface area contributed by atoms with E-state index < -0.39 is 0 Å². The van der Waals surface area contributed by atoms with Crippen molar-refractivity contribution in [2.24, 2.45) is 0 Å². The Labute approximate surface area is 207 Å². The predicted molar refractivity (Wildman–Crippen MR) is 135 cm³/mol. The van der Waals surface area contributed by atoms with Gasteiger partial charge in [0.15, 0.2) is 5.16 Å². The molecule has 1 saturated heterocycles. The second-order valence-electron chi connectivity index (χ2n) is 8.16. The van der Waals surface area contributed by atoms with Gasteiger partial charge in [-0.1, -0.05) is 35.5 Å². The summed E-state index contributed by atoms with van der Waals surface area (Å²) in [7, 11) is 1.68. The predicted octanol–water partition coefficient (Wildman–Crippen LogP) is 4.55. The molecule has 0 radical (unpaired) electrons. The van der Waals surface area contributed by atoms with Crippen molar-refractivity contribution >= 4 is 40.3 Å². The van der Waals surface area contributed by atoms with E-state index in [9.17, 15) is 5.11 Å². The first-order valence-corrected chi connectivity index (χ1v) is 12.8. The number of hydrogen-bond acceptors (Lipinski definition) is 7. The van der Waals surface area contributed by atoms with Gasteiger partial charge in [-0.15, -0.1) is 10.2 Å². The smallest absolute Gasteiger partial charge is 0.232 e. The lowest BCUT2D eigenvalue weighted by atomic mass is 10.1. The molecule has 1 aliphatic rings. The van der Waals surface area contributed by atoms with Crippen LogP contribution in [0.4, 0.5) is 5.95 Å². The molecule has 2 aromatic carbocycles. The van der Waals surface area contributed by atoms with Crippen LogP contribution in [0, 0.1) is 0 Å². The molecule has 0 amide bonds. The molecule has 0 unspecified atom stereocenters. The molecule has 34 heavy (non-hydrogen) atoms. The zero-order valence-corrected chi connectivity index (χ0v) is 20.6. The highest BCUT2D eigenvalue weighted by atomic mass is 35.5. The Morgan fingerprint density at radius 3 is 2.71 bits per heavy atom. The first-order valence-electron chi connectivity index (χ1n) is 11.4. The van der Waals surface area contributed by atoms with E-state index in [-0.39, 0.29) is 6.61 Å². The van der Waals surface area contributed by atoms with Crippen LogP contribution in [0.25, 0.3) is 16.7 Å². The molecule has 5 rings (SSSR count). The average Bonchev–Trinajstić information content (AvgIpc) is 3.44. The number of aliphatic hydroxyl groups excluding tert-OH is 1. The fraction of sp³-hybridized carbons (Fsp3) is 0.375. The first-order chi connectivity index (χ1) is 16.7. The number of aliphatic hydroxyl groups is 1. The third kappa shape index (κ3) is 4.47. The average molecular weight is 499 g/mol. The van der Waals surface area contributed by atoms with Crippen LogP contribution in [0.15, 0.2) is 47.6 Å².